The van der Waals surface area contributed by atoms with Gasteiger partial charge in [0.1, 0.15) is 0 Å². The number of nitrogens with one attached hydrogen (secondary N) is 1. The fourth-order valence-corrected chi connectivity index (χ4v) is 1.99. The molecule has 0 aliphatic rings. The summed E-state index contributed by atoms with van der Waals surface area (Å²) in [6.45, 7) is 1.88. The molecule has 0 unspecified atom stereocenters. The topological polar surface area (TPSA) is 55.4 Å². The van der Waals surface area contributed by atoms with Crippen molar-refractivity contribution in [2.24, 2.45) is 0 Å². The Labute approximate surface area is 121 Å². The number of ether oxygens (including phenoxy) is 1. The van der Waals surface area contributed by atoms with E-state index in [-0.39, 0.29) is 5.91 Å². The van der Waals surface area contributed by atoms with E-state index in [0.29, 0.717) is 17.7 Å². The molecule has 1 aromatic rings. The van der Waals surface area contributed by atoms with Crippen LogP contribution in [0.15, 0.2) is 18.2 Å². The van der Waals surface area contributed by atoms with Crippen molar-refractivity contribution in [3.63, 3.8) is 0 Å². The number of alkyl halides is 1. The van der Waals surface area contributed by atoms with Crippen LogP contribution in [0.5, 0.6) is 0 Å². The van der Waals surface area contributed by atoms with Crippen molar-refractivity contribution in [2.75, 3.05) is 17.8 Å². The zero-order valence-electron chi connectivity index (χ0n) is 11.2. The number of unbranched alkanes of at least 4 members (excludes halogenated alkanes) is 1. The summed E-state index contributed by atoms with van der Waals surface area (Å²) in [5.74, 6) is -0.444. The maximum absolute atomic E-state index is 11.7. The SMILES string of the molecule is COC(=O)c1ccc(C)c(NC(=O)CCCCBr)c1. The normalized spacial score (nSPS) is 10.1. The molecule has 0 aliphatic carbocycles. The molecule has 4 nitrogen and oxygen atoms in total. The van der Waals surface area contributed by atoms with Gasteiger partial charge in [-0.25, -0.2) is 4.79 Å². The molecule has 0 aromatic heterocycles. The van der Waals surface area contributed by atoms with E-state index in [1.165, 1.54) is 7.11 Å². The Balaban J connectivity index is 2.71. The molecule has 0 spiro atoms. The number of esters is 1. The second-order valence-electron chi connectivity index (χ2n) is 4.22. The van der Waals surface area contributed by atoms with Crippen LogP contribution in [0.25, 0.3) is 0 Å². The summed E-state index contributed by atoms with van der Waals surface area (Å²) in [5.41, 5.74) is 2.01. The molecule has 0 saturated heterocycles. The summed E-state index contributed by atoms with van der Waals surface area (Å²) >= 11 is 3.33. The van der Waals surface area contributed by atoms with Crippen LogP contribution >= 0.6 is 15.9 Å². The Hall–Kier alpha value is -1.36. The minimum atomic E-state index is -0.408. The Kier molecular flexibility index (Phi) is 6.56. The summed E-state index contributed by atoms with van der Waals surface area (Å²) < 4.78 is 4.66. The van der Waals surface area contributed by atoms with Gasteiger partial charge in [0.25, 0.3) is 0 Å². The van der Waals surface area contributed by atoms with Gasteiger partial charge in [-0.1, -0.05) is 22.0 Å². The molecule has 0 radical (unpaired) electrons. The zero-order chi connectivity index (χ0) is 14.3. The van der Waals surface area contributed by atoms with Gasteiger partial charge in [-0.2, -0.15) is 0 Å². The summed E-state index contributed by atoms with van der Waals surface area (Å²) in [7, 11) is 1.33. The van der Waals surface area contributed by atoms with Crippen LogP contribution in [0.3, 0.4) is 0 Å². The van der Waals surface area contributed by atoms with Gasteiger partial charge in [-0.05, 0) is 37.5 Å². The third-order valence-electron chi connectivity index (χ3n) is 2.72. The van der Waals surface area contributed by atoms with Crippen molar-refractivity contribution in [2.45, 2.75) is 26.2 Å². The van der Waals surface area contributed by atoms with E-state index in [2.05, 4.69) is 26.0 Å². The molecule has 0 bridgehead atoms. The molecule has 0 fully saturated rings. The van der Waals surface area contributed by atoms with Crippen molar-refractivity contribution in [1.82, 2.24) is 0 Å². The molecular weight excluding hydrogens is 310 g/mol. The quantitative estimate of drug-likeness (QED) is 0.495. The van der Waals surface area contributed by atoms with Crippen molar-refractivity contribution in [3.8, 4) is 0 Å². The van der Waals surface area contributed by atoms with Crippen LogP contribution in [-0.2, 0) is 9.53 Å². The molecule has 0 atom stereocenters. The van der Waals surface area contributed by atoms with E-state index in [1.54, 1.807) is 18.2 Å². The minimum Gasteiger partial charge on any atom is -0.465 e. The number of hydrogen-bond acceptors (Lipinski definition) is 3. The largest absolute Gasteiger partial charge is 0.465 e. The number of methoxy groups -OCH3 is 1. The molecule has 0 saturated carbocycles. The van der Waals surface area contributed by atoms with E-state index in [4.69, 9.17) is 0 Å². The molecule has 1 amide bonds. The molecule has 1 aromatic carbocycles. The van der Waals surface area contributed by atoms with Crippen molar-refractivity contribution in [3.05, 3.63) is 29.3 Å². The second-order valence-corrected chi connectivity index (χ2v) is 5.01. The van der Waals surface area contributed by atoms with Gasteiger partial charge in [0, 0.05) is 17.4 Å². The van der Waals surface area contributed by atoms with E-state index in [1.807, 2.05) is 6.92 Å². The van der Waals surface area contributed by atoms with E-state index in [0.717, 1.165) is 23.7 Å². The fraction of sp³-hybridized carbons (Fsp3) is 0.429. The van der Waals surface area contributed by atoms with Crippen molar-refractivity contribution >= 4 is 33.5 Å². The summed E-state index contributed by atoms with van der Waals surface area (Å²) in [6.07, 6.45) is 2.29. The van der Waals surface area contributed by atoms with Gasteiger partial charge < -0.3 is 10.1 Å². The fourth-order valence-electron chi connectivity index (χ4n) is 1.59. The van der Waals surface area contributed by atoms with E-state index < -0.39 is 5.97 Å². The number of anilines is 1. The van der Waals surface area contributed by atoms with Gasteiger partial charge >= 0.3 is 5.97 Å². The molecule has 104 valence electrons. The van der Waals surface area contributed by atoms with Gasteiger partial charge in [-0.15, -0.1) is 0 Å². The summed E-state index contributed by atoms with van der Waals surface area (Å²) in [5, 5.41) is 3.73. The van der Waals surface area contributed by atoms with Crippen LogP contribution in [0, 0.1) is 6.92 Å². The third-order valence-corrected chi connectivity index (χ3v) is 3.28. The van der Waals surface area contributed by atoms with Crippen LogP contribution in [0.4, 0.5) is 5.69 Å². The molecule has 0 aliphatic heterocycles. The number of carbonyl (C=O) groups is 2. The first kappa shape index (κ1) is 15.7. The Morgan fingerprint density at radius 1 is 1.32 bits per heavy atom. The highest BCUT2D eigenvalue weighted by Gasteiger charge is 2.10. The molecule has 0 heterocycles. The lowest BCUT2D eigenvalue weighted by molar-refractivity contribution is -0.116. The van der Waals surface area contributed by atoms with Crippen LogP contribution in [0.2, 0.25) is 0 Å². The number of hydrogen-bond donors (Lipinski definition) is 1. The van der Waals surface area contributed by atoms with Gasteiger partial charge in [0.05, 0.1) is 12.7 Å². The maximum atomic E-state index is 11.7. The highest BCUT2D eigenvalue weighted by atomic mass is 79.9. The maximum Gasteiger partial charge on any atom is 0.337 e. The molecule has 1 rings (SSSR count). The Bertz CT molecular complexity index is 460. The van der Waals surface area contributed by atoms with Crippen LogP contribution in [0.1, 0.15) is 35.2 Å². The van der Waals surface area contributed by atoms with Crippen molar-refractivity contribution < 1.29 is 14.3 Å². The average Bonchev–Trinajstić information content (AvgIpc) is 2.40. The summed E-state index contributed by atoms with van der Waals surface area (Å²) in [6, 6.07) is 5.12. The molecule has 19 heavy (non-hydrogen) atoms. The van der Waals surface area contributed by atoms with E-state index >= 15 is 0 Å². The van der Waals surface area contributed by atoms with Gasteiger partial charge in [0.2, 0.25) is 5.91 Å². The minimum absolute atomic E-state index is 0.0361. The Morgan fingerprint density at radius 2 is 2.05 bits per heavy atom. The van der Waals surface area contributed by atoms with Crippen LogP contribution < -0.4 is 5.32 Å². The smallest absolute Gasteiger partial charge is 0.337 e. The predicted octanol–water partition coefficient (Wildman–Crippen LogP) is 3.29. The third kappa shape index (κ3) is 5.03. The first-order chi connectivity index (χ1) is 9.08. The van der Waals surface area contributed by atoms with Gasteiger partial charge in [0.15, 0.2) is 0 Å². The molecule has 1 N–H and O–H groups in total. The number of carbonyl (C=O) groups excluding carboxylic acids is 2. The molecular formula is C14H18BrNO3. The Morgan fingerprint density at radius 3 is 2.68 bits per heavy atom. The average molecular weight is 328 g/mol. The number of aryl methyl sites for hydroxylation is 1. The highest BCUT2D eigenvalue weighted by Crippen LogP contribution is 2.18. The molecule has 5 heteroatoms. The van der Waals surface area contributed by atoms with Crippen molar-refractivity contribution in [1.29, 1.82) is 0 Å². The lowest BCUT2D eigenvalue weighted by Crippen LogP contribution is -2.13. The second kappa shape index (κ2) is 7.94. The standard InChI is InChI=1S/C14H18BrNO3/c1-10-6-7-11(14(18)19-2)9-12(10)16-13(17)5-3-4-8-15/h6-7,9H,3-5,8H2,1-2H3,(H,16,17). The first-order valence-electron chi connectivity index (χ1n) is 6.13. The summed E-state index contributed by atoms with van der Waals surface area (Å²) in [4.78, 5) is 23.2. The monoisotopic (exact) mass is 327 g/mol. The number of benzene rings is 1. The van der Waals surface area contributed by atoms with Crippen LogP contribution in [-0.4, -0.2) is 24.3 Å². The lowest BCUT2D eigenvalue weighted by atomic mass is 10.1. The number of amides is 1. The number of rotatable bonds is 6. The first-order valence-corrected chi connectivity index (χ1v) is 7.25. The predicted molar refractivity (Wildman–Crippen MR) is 78.8 cm³/mol. The zero-order valence-corrected chi connectivity index (χ0v) is 12.7. The van der Waals surface area contributed by atoms with Gasteiger partial charge in [-0.3, -0.25) is 4.79 Å². The number of halogens is 1. The van der Waals surface area contributed by atoms with E-state index in [9.17, 15) is 9.59 Å². The lowest BCUT2D eigenvalue weighted by Gasteiger charge is -2.09. The highest BCUT2D eigenvalue weighted by molar-refractivity contribution is 9.09.